The summed E-state index contributed by atoms with van der Waals surface area (Å²) in [6.07, 6.45) is 12.2. The Hall–Kier alpha value is -14.3. The van der Waals surface area contributed by atoms with Crippen LogP contribution in [0.25, 0.3) is 28.1 Å². The number of halogens is 5. The number of hydrogen-bond donors (Lipinski definition) is 8. The summed E-state index contributed by atoms with van der Waals surface area (Å²) in [6, 6.07) is 16.6. The molecule has 43 heteroatoms. The number of imide groups is 4. The van der Waals surface area contributed by atoms with E-state index in [1.54, 1.807) is 80.9 Å². The Morgan fingerprint density at radius 3 is 1.21 bits per heavy atom. The lowest BCUT2D eigenvalue weighted by molar-refractivity contribution is 0.0868. The number of thiophene rings is 4. The van der Waals surface area contributed by atoms with Crippen molar-refractivity contribution in [1.82, 2.24) is 65.1 Å². The first-order chi connectivity index (χ1) is 54.2. The maximum absolute atomic E-state index is 13.7. The van der Waals surface area contributed by atoms with Crippen molar-refractivity contribution < 1.29 is 103 Å². The van der Waals surface area contributed by atoms with Gasteiger partial charge in [0, 0.05) is 54.9 Å². The first kappa shape index (κ1) is 82.7. The number of amides is 12. The SMILES string of the molecule is C=CCOC(=O)NC(=O)c1ccsc1NC(=O)c1c(F)c(F)c(F)c(F)c1F.C=CCOC(=O)NC(=O)c1ccsc1NC(=O)c1cnc2ccnn2c1.CC(C)OC(=O)NC(=O)c1ccsc1NC(=O)c1cnc2ccnn2c1.CCOC(=O)NC(=O)c1ccsc1NC(=O)c1cnc2c(-c3ccc(OC)cc3)cnn2c1. The van der Waals surface area contributed by atoms with E-state index in [1.165, 1.54) is 80.3 Å². The second-order valence-corrected chi connectivity index (χ2v) is 25.7. The molecule has 0 aliphatic heterocycles. The van der Waals surface area contributed by atoms with Crippen molar-refractivity contribution in [1.29, 1.82) is 0 Å². The van der Waals surface area contributed by atoms with Gasteiger partial charge in [0.1, 0.15) is 44.5 Å². The highest BCUT2D eigenvalue weighted by Crippen LogP contribution is 2.31. The molecule has 34 nitrogen and oxygen atoms in total. The molecule has 0 fully saturated rings. The number of methoxy groups -OCH3 is 1. The van der Waals surface area contributed by atoms with Crippen LogP contribution in [-0.4, -0.2) is 148 Å². The smallest absolute Gasteiger partial charge is 0.414 e. The van der Waals surface area contributed by atoms with Crippen LogP contribution in [0, 0.1) is 29.1 Å². The summed E-state index contributed by atoms with van der Waals surface area (Å²) in [5.41, 5.74) is 2.75. The Morgan fingerprint density at radius 2 is 0.823 bits per heavy atom. The van der Waals surface area contributed by atoms with E-state index in [0.717, 1.165) is 57.0 Å². The van der Waals surface area contributed by atoms with Gasteiger partial charge < -0.3 is 45.0 Å². The van der Waals surface area contributed by atoms with Gasteiger partial charge in [0.2, 0.25) is 5.82 Å². The molecule has 10 aromatic heterocycles. The number of carbonyl (C=O) groups is 12. The van der Waals surface area contributed by atoms with Gasteiger partial charge in [-0.05, 0) is 84.3 Å². The van der Waals surface area contributed by atoms with E-state index >= 15 is 0 Å². The van der Waals surface area contributed by atoms with Gasteiger partial charge in [0.25, 0.3) is 47.3 Å². The van der Waals surface area contributed by atoms with Crippen LogP contribution in [0.5, 0.6) is 5.75 Å². The van der Waals surface area contributed by atoms with Crippen LogP contribution in [0.1, 0.15) is 104 Å². The highest BCUT2D eigenvalue weighted by Gasteiger charge is 2.32. The van der Waals surface area contributed by atoms with Crippen LogP contribution < -0.4 is 47.3 Å². The van der Waals surface area contributed by atoms with Crippen molar-refractivity contribution in [2.24, 2.45) is 0 Å². The van der Waals surface area contributed by atoms with E-state index in [1.807, 2.05) is 34.9 Å². The quantitative estimate of drug-likeness (QED) is 0.0115. The average Bonchev–Trinajstić information content (AvgIpc) is 1.18. The predicted octanol–water partition coefficient (Wildman–Crippen LogP) is 11.8. The molecule has 10 heterocycles. The zero-order valence-electron chi connectivity index (χ0n) is 58.5. The monoisotopic (exact) mass is 1630 g/mol. The number of hydrogen-bond acceptors (Lipinski definition) is 27. The molecule has 582 valence electrons. The van der Waals surface area contributed by atoms with E-state index in [9.17, 15) is 79.5 Å². The van der Waals surface area contributed by atoms with Crippen LogP contribution in [0.15, 0.2) is 163 Å². The zero-order valence-corrected chi connectivity index (χ0v) is 61.8. The molecule has 0 saturated heterocycles. The van der Waals surface area contributed by atoms with Gasteiger partial charge in [-0.25, -0.2) is 69.6 Å². The molecular formula is C70H56F5N17O17S4. The Bertz CT molecular complexity index is 5610. The van der Waals surface area contributed by atoms with Gasteiger partial charge in [0.15, 0.2) is 40.2 Å². The van der Waals surface area contributed by atoms with E-state index < -0.39 is 106 Å². The number of aromatic nitrogens is 9. The lowest BCUT2D eigenvalue weighted by atomic mass is 10.1. The summed E-state index contributed by atoms with van der Waals surface area (Å²) in [6.45, 7) is 11.6. The summed E-state index contributed by atoms with van der Waals surface area (Å²) in [7, 11) is 1.60. The maximum atomic E-state index is 13.7. The average molecular weight is 1630 g/mol. The fourth-order valence-corrected chi connectivity index (χ4v) is 12.2. The Balaban J connectivity index is 0.000000174. The summed E-state index contributed by atoms with van der Waals surface area (Å²) >= 11 is 4.16. The normalized spacial score (nSPS) is 10.5. The minimum Gasteiger partial charge on any atom is -0.497 e. The van der Waals surface area contributed by atoms with Gasteiger partial charge in [-0.15, -0.1) is 45.3 Å². The number of alkyl carbamates (subject to hydrolysis) is 4. The minimum absolute atomic E-state index is 0.0186. The molecule has 113 heavy (non-hydrogen) atoms. The molecule has 0 bridgehead atoms. The number of fused-ring (bicyclic) bond motifs is 3. The third-order valence-corrected chi connectivity index (χ3v) is 17.5. The standard InChI is InChI=1S/C22H19N5O5S.C16H9F5N2O4S.C16H15N5O4S.C16H13N5O4S/c1-3-32-22(30)26-20(29)16-8-9-33-21(16)25-19(28)14-10-23-18-17(11-24-27(18)12-14)13-4-6-15(31-2)7-5-13;1-2-4-27-16(26)23-13(24)6-3-5-28-15(6)22-14(25)7-8(17)10(19)12(21)11(20)9(7)18;1-9(2)25-16(24)20-14(23)11-4-6-26-15(11)19-13(22)10-7-17-12-3-5-18-21(12)8-10;1-2-6-25-16(24)20-14(23)11-4-7-26-15(11)19-13(22)10-8-17-12-3-5-18-21(12)9-10/h4-12H,3H2,1-2H3,(H,25,28)(H,26,29,30);2-3,5H,1,4H2,(H,22,25)(H,23,24,26);3-9H,1-2H3,(H,19,22)(H,20,23,24);2-5,7-9H,1,6H2,(H,19,22)(H,20,23,24). The molecule has 2 aromatic carbocycles. The number of rotatable bonds is 20. The van der Waals surface area contributed by atoms with E-state index in [2.05, 4.69) is 80.0 Å². The highest BCUT2D eigenvalue weighted by atomic mass is 32.1. The Labute approximate surface area is 647 Å². The fourth-order valence-electron chi connectivity index (χ4n) is 9.05. The maximum Gasteiger partial charge on any atom is 0.414 e. The number of ether oxygens (including phenoxy) is 5. The second-order valence-electron chi connectivity index (χ2n) is 22.0. The first-order valence-corrected chi connectivity index (χ1v) is 35.5. The molecular weight excluding hydrogens is 1570 g/mol. The number of nitrogens with one attached hydrogen (secondary N) is 8. The zero-order chi connectivity index (χ0) is 81.6. The van der Waals surface area contributed by atoms with Crippen LogP contribution in [0.4, 0.5) is 61.1 Å². The predicted molar refractivity (Wildman–Crippen MR) is 398 cm³/mol. The second kappa shape index (κ2) is 38.7. The summed E-state index contributed by atoms with van der Waals surface area (Å²) in [5, 5.41) is 37.0. The molecule has 0 aliphatic carbocycles. The summed E-state index contributed by atoms with van der Waals surface area (Å²) < 4.78 is 95.4. The third-order valence-electron chi connectivity index (χ3n) is 14.2. The molecule has 12 amide bonds. The number of benzene rings is 2. The number of anilines is 4. The van der Waals surface area contributed by atoms with Crippen LogP contribution >= 0.6 is 45.3 Å². The molecule has 0 radical (unpaired) electrons. The van der Waals surface area contributed by atoms with E-state index in [-0.39, 0.29) is 69.9 Å². The Kier molecular flexibility index (Phi) is 28.3. The number of carbonyl (C=O) groups excluding carboxylic acids is 12. The van der Waals surface area contributed by atoms with Crippen molar-refractivity contribution in [3.05, 3.63) is 237 Å². The van der Waals surface area contributed by atoms with Crippen molar-refractivity contribution in [3.8, 4) is 16.9 Å². The van der Waals surface area contributed by atoms with Crippen molar-refractivity contribution in [2.45, 2.75) is 26.9 Å². The topological polar surface area (TPSA) is 438 Å². The molecule has 12 aromatic rings. The molecule has 8 N–H and O–H groups in total. The van der Waals surface area contributed by atoms with Gasteiger partial charge in [0.05, 0.1) is 77.4 Å². The Morgan fingerprint density at radius 1 is 0.451 bits per heavy atom. The number of nitrogens with zero attached hydrogens (tertiary/aromatic N) is 9. The van der Waals surface area contributed by atoms with E-state index in [0.29, 0.717) is 43.3 Å². The minimum atomic E-state index is -2.42. The van der Waals surface area contributed by atoms with E-state index in [4.69, 9.17) is 18.9 Å². The first-order valence-electron chi connectivity index (χ1n) is 32.0. The fraction of sp³-hybridized carbons (Fsp3) is 0.114. The summed E-state index contributed by atoms with van der Waals surface area (Å²) in [4.78, 5) is 157. The molecule has 12 rings (SSSR count). The van der Waals surface area contributed by atoms with Gasteiger partial charge >= 0.3 is 24.4 Å². The molecule has 0 atom stereocenters. The van der Waals surface area contributed by atoms with Crippen molar-refractivity contribution in [2.75, 3.05) is 48.2 Å². The molecule has 0 saturated carbocycles. The van der Waals surface area contributed by atoms with Gasteiger partial charge in [-0.3, -0.25) is 59.6 Å². The molecule has 0 spiro atoms. The molecule has 0 aliphatic rings. The van der Waals surface area contributed by atoms with Crippen LogP contribution in [0.3, 0.4) is 0 Å². The van der Waals surface area contributed by atoms with Crippen LogP contribution in [0.2, 0.25) is 0 Å². The van der Waals surface area contributed by atoms with Gasteiger partial charge in [-0.2, -0.15) is 15.3 Å². The lowest BCUT2D eigenvalue weighted by Gasteiger charge is -2.09. The summed E-state index contributed by atoms with van der Waals surface area (Å²) in [5.74, 6) is -17.0. The largest absolute Gasteiger partial charge is 0.497 e. The van der Waals surface area contributed by atoms with Gasteiger partial charge in [-0.1, -0.05) is 37.4 Å². The third kappa shape index (κ3) is 21.3. The van der Waals surface area contributed by atoms with Crippen molar-refractivity contribution in [3.63, 3.8) is 0 Å². The lowest BCUT2D eigenvalue weighted by Crippen LogP contribution is -2.33. The van der Waals surface area contributed by atoms with Crippen LogP contribution in [-0.2, 0) is 18.9 Å². The highest BCUT2D eigenvalue weighted by molar-refractivity contribution is 7.15. The van der Waals surface area contributed by atoms with Crippen molar-refractivity contribution >= 4 is 154 Å². The molecule has 0 unspecified atom stereocenters.